The highest BCUT2D eigenvalue weighted by Gasteiger charge is 2.42. The van der Waals surface area contributed by atoms with E-state index in [0.29, 0.717) is 0 Å². The van der Waals surface area contributed by atoms with Crippen molar-refractivity contribution in [1.82, 2.24) is 0 Å². The lowest BCUT2D eigenvalue weighted by atomic mass is 11.2. The van der Waals surface area contributed by atoms with Crippen LogP contribution < -0.4 is 0 Å². The highest BCUT2D eigenvalue weighted by atomic mass is 28.5. The van der Waals surface area contributed by atoms with Gasteiger partial charge in [0.1, 0.15) is 0 Å². The van der Waals surface area contributed by atoms with Crippen LogP contribution in [0.5, 0.6) is 0 Å². The molecule has 0 amide bonds. The van der Waals surface area contributed by atoms with Crippen molar-refractivity contribution in [1.29, 1.82) is 0 Å². The largest absolute Gasteiger partial charge is 0.528 e. The Labute approximate surface area is 108 Å². The van der Waals surface area contributed by atoms with Crippen molar-refractivity contribution in [3.8, 4) is 0 Å². The van der Waals surface area contributed by atoms with Crippen molar-refractivity contribution in [3.63, 3.8) is 0 Å². The van der Waals surface area contributed by atoms with Crippen molar-refractivity contribution >= 4 is 25.7 Å². The quantitative estimate of drug-likeness (QED) is 0.507. The van der Waals surface area contributed by atoms with Crippen molar-refractivity contribution in [2.75, 3.05) is 0 Å². The smallest absolute Gasteiger partial charge is 0.383 e. The minimum absolute atomic E-state index is 1.43. The van der Waals surface area contributed by atoms with E-state index in [1.165, 1.54) is 12.5 Å². The Balaban J connectivity index is 4.57. The van der Waals surface area contributed by atoms with Crippen LogP contribution in [0.3, 0.4) is 0 Å². The molecule has 0 heterocycles. The zero-order valence-electron chi connectivity index (χ0n) is 11.7. The fourth-order valence-electron chi connectivity index (χ4n) is 1.65. The first kappa shape index (κ1) is 16.7. The van der Waals surface area contributed by atoms with Crippen LogP contribution in [0.4, 0.5) is 0 Å². The maximum atomic E-state index is 6.03. The normalized spacial score (nSPS) is 13.1. The fraction of sp³-hybridized carbons (Fsp3) is 0.600. The van der Waals surface area contributed by atoms with Gasteiger partial charge >= 0.3 is 25.7 Å². The molecule has 0 N–H and O–H groups in total. The van der Waals surface area contributed by atoms with Gasteiger partial charge in [-0.1, -0.05) is 13.2 Å². The molecule has 7 heteroatoms. The van der Waals surface area contributed by atoms with Gasteiger partial charge in [0.25, 0.3) is 0 Å². The second kappa shape index (κ2) is 6.01. The van der Waals surface area contributed by atoms with Crippen LogP contribution in [-0.2, 0) is 17.1 Å². The summed E-state index contributed by atoms with van der Waals surface area (Å²) in [5, 5.41) is 0. The Kier molecular flexibility index (Phi) is 5.88. The van der Waals surface area contributed by atoms with E-state index >= 15 is 0 Å². The standard InChI is InChI=1S/C10H24O4Si3/c1-9-11-15(3,4)13-17(7,8)14-16(5,6)12-10-2/h9-10H,1-2H2,3-8H3. The summed E-state index contributed by atoms with van der Waals surface area (Å²) in [6, 6.07) is 0. The molecule has 0 aromatic carbocycles. The highest BCUT2D eigenvalue weighted by Crippen LogP contribution is 2.21. The van der Waals surface area contributed by atoms with Gasteiger partial charge in [-0.3, -0.25) is 0 Å². The van der Waals surface area contributed by atoms with Crippen LogP contribution in [0.25, 0.3) is 0 Å². The lowest BCUT2D eigenvalue weighted by molar-refractivity contribution is 0.275. The third-order valence-corrected chi connectivity index (χ3v) is 11.1. The van der Waals surface area contributed by atoms with Crippen molar-refractivity contribution < 1.29 is 17.1 Å². The maximum absolute atomic E-state index is 6.03. The molecule has 0 rings (SSSR count). The molecule has 0 aliphatic carbocycles. The summed E-state index contributed by atoms with van der Waals surface area (Å²) in [4.78, 5) is 0. The molecule has 0 bridgehead atoms. The second-order valence-corrected chi connectivity index (χ2v) is 15.5. The van der Waals surface area contributed by atoms with E-state index in [1.54, 1.807) is 0 Å². The molecule has 17 heavy (non-hydrogen) atoms. The Morgan fingerprint density at radius 1 is 0.647 bits per heavy atom. The molecule has 0 spiro atoms. The summed E-state index contributed by atoms with van der Waals surface area (Å²) in [6.45, 7) is 19.0. The molecule has 0 aliphatic heterocycles. The molecular weight excluding hydrogens is 268 g/mol. The highest BCUT2D eigenvalue weighted by molar-refractivity contribution is 6.84. The summed E-state index contributed by atoms with van der Waals surface area (Å²) >= 11 is 0. The first-order chi connectivity index (χ1) is 7.54. The number of rotatable bonds is 8. The molecule has 100 valence electrons. The van der Waals surface area contributed by atoms with Crippen LogP contribution in [0, 0.1) is 0 Å². The molecule has 0 radical (unpaired) electrons. The van der Waals surface area contributed by atoms with E-state index < -0.39 is 25.7 Å². The van der Waals surface area contributed by atoms with Gasteiger partial charge in [0.15, 0.2) is 0 Å². The topological polar surface area (TPSA) is 36.9 Å². The van der Waals surface area contributed by atoms with Crippen molar-refractivity contribution in [2.45, 2.75) is 39.3 Å². The molecule has 0 saturated carbocycles. The van der Waals surface area contributed by atoms with E-state index in [1.807, 2.05) is 39.3 Å². The summed E-state index contributed by atoms with van der Waals surface area (Å²) < 4.78 is 22.9. The van der Waals surface area contributed by atoms with E-state index in [0.717, 1.165) is 0 Å². The zero-order chi connectivity index (χ0) is 13.7. The Bertz CT molecular complexity index is 251. The van der Waals surface area contributed by atoms with Crippen LogP contribution in [0.2, 0.25) is 39.3 Å². The molecule has 0 aromatic rings. The fourth-order valence-corrected chi connectivity index (χ4v) is 12.9. The number of hydrogen-bond donors (Lipinski definition) is 0. The summed E-state index contributed by atoms with van der Waals surface area (Å²) in [6.07, 6.45) is 2.86. The average molecular weight is 293 g/mol. The van der Waals surface area contributed by atoms with Gasteiger partial charge in [0.2, 0.25) is 0 Å². The van der Waals surface area contributed by atoms with Crippen LogP contribution in [0.15, 0.2) is 25.7 Å². The van der Waals surface area contributed by atoms with Gasteiger partial charge in [-0.15, -0.1) is 0 Å². The number of hydrogen-bond acceptors (Lipinski definition) is 4. The maximum Gasteiger partial charge on any atom is 0.383 e. The van der Waals surface area contributed by atoms with E-state index in [4.69, 9.17) is 17.1 Å². The molecule has 0 unspecified atom stereocenters. The first-order valence-electron chi connectivity index (χ1n) is 5.51. The lowest BCUT2D eigenvalue weighted by Crippen LogP contribution is -2.53. The molecule has 0 fully saturated rings. The van der Waals surface area contributed by atoms with E-state index in [-0.39, 0.29) is 0 Å². The Morgan fingerprint density at radius 3 is 1.18 bits per heavy atom. The molecule has 0 atom stereocenters. The molecule has 4 nitrogen and oxygen atoms in total. The first-order valence-corrected chi connectivity index (χ1v) is 14.0. The minimum Gasteiger partial charge on any atom is -0.528 e. The van der Waals surface area contributed by atoms with Crippen LogP contribution >= 0.6 is 0 Å². The third kappa shape index (κ3) is 7.55. The van der Waals surface area contributed by atoms with Crippen LogP contribution in [-0.4, -0.2) is 25.7 Å². The van der Waals surface area contributed by atoms with Gasteiger partial charge in [-0.2, -0.15) is 0 Å². The monoisotopic (exact) mass is 292 g/mol. The predicted molar refractivity (Wildman–Crippen MR) is 77.2 cm³/mol. The lowest BCUT2D eigenvalue weighted by Gasteiger charge is -2.36. The van der Waals surface area contributed by atoms with Gasteiger partial charge in [-0.25, -0.2) is 0 Å². The molecule has 0 aliphatic rings. The van der Waals surface area contributed by atoms with Crippen LogP contribution in [0.1, 0.15) is 0 Å². The van der Waals surface area contributed by atoms with Gasteiger partial charge in [-0.05, 0) is 39.3 Å². The predicted octanol–water partition coefficient (Wildman–Crippen LogP) is 3.45. The zero-order valence-corrected chi connectivity index (χ0v) is 14.7. The third-order valence-electron chi connectivity index (χ3n) is 1.72. The second-order valence-electron chi connectivity index (χ2n) is 4.97. The van der Waals surface area contributed by atoms with Gasteiger partial charge in [0, 0.05) is 0 Å². The minimum atomic E-state index is -2.27. The molecule has 0 saturated heterocycles. The van der Waals surface area contributed by atoms with Crippen molar-refractivity contribution in [2.24, 2.45) is 0 Å². The van der Waals surface area contributed by atoms with Crippen molar-refractivity contribution in [3.05, 3.63) is 25.7 Å². The molecular formula is C10H24O4Si3. The Morgan fingerprint density at radius 2 is 0.941 bits per heavy atom. The summed E-state index contributed by atoms with van der Waals surface area (Å²) in [7, 11) is -6.67. The SMILES string of the molecule is C=CO[Si](C)(C)O[Si](C)(C)O[Si](C)(C)OC=C. The van der Waals surface area contributed by atoms with E-state index in [2.05, 4.69) is 13.2 Å². The average Bonchev–Trinajstić information content (AvgIpc) is 1.96. The van der Waals surface area contributed by atoms with Gasteiger partial charge < -0.3 is 17.1 Å². The molecule has 0 aromatic heterocycles. The summed E-state index contributed by atoms with van der Waals surface area (Å²) in [5.41, 5.74) is 0. The van der Waals surface area contributed by atoms with Gasteiger partial charge in [0.05, 0.1) is 12.5 Å². The van der Waals surface area contributed by atoms with E-state index in [9.17, 15) is 0 Å². The Hall–Kier alpha value is -0.349. The summed E-state index contributed by atoms with van der Waals surface area (Å²) in [5.74, 6) is 0.